The lowest BCUT2D eigenvalue weighted by molar-refractivity contribution is -0.149. The van der Waals surface area contributed by atoms with Gasteiger partial charge in [0.25, 0.3) is 0 Å². The van der Waals surface area contributed by atoms with Crippen molar-refractivity contribution in [3.05, 3.63) is 10.7 Å². The molecular formula is C8H9ClN2O3S. The molecule has 82 valence electrons. The van der Waals surface area contributed by atoms with Crippen LogP contribution in [0.3, 0.4) is 0 Å². The Balaban J connectivity index is 2.33. The van der Waals surface area contributed by atoms with Crippen LogP contribution in [0.1, 0.15) is 0 Å². The molecule has 1 fully saturated rings. The smallest absolute Gasteiger partial charge is 0.356 e. The van der Waals surface area contributed by atoms with Crippen molar-refractivity contribution < 1.29 is 14.3 Å². The van der Waals surface area contributed by atoms with Crippen LogP contribution < -0.4 is 5.73 Å². The summed E-state index contributed by atoms with van der Waals surface area (Å²) in [5.41, 5.74) is 5.73. The van der Waals surface area contributed by atoms with E-state index < -0.39 is 12.0 Å². The normalized spacial score (nSPS) is 29.8. The maximum atomic E-state index is 11.5. The summed E-state index contributed by atoms with van der Waals surface area (Å²) in [5.74, 6) is -0.398. The Hall–Kier alpha value is -0.720. The number of esters is 1. The SMILES string of the molecule is COC(=O)C1=C(Cl)CSC2C(N)C(=O)N12. The molecule has 0 aromatic carbocycles. The molecule has 2 aliphatic heterocycles. The van der Waals surface area contributed by atoms with Crippen LogP contribution in [0.15, 0.2) is 10.7 Å². The highest BCUT2D eigenvalue weighted by Gasteiger charge is 2.51. The number of carbonyl (C=O) groups excluding carboxylic acids is 2. The number of hydrogen-bond donors (Lipinski definition) is 1. The van der Waals surface area contributed by atoms with Gasteiger partial charge in [0, 0.05) is 5.75 Å². The maximum Gasteiger partial charge on any atom is 0.356 e. The number of ether oxygens (including phenoxy) is 1. The second-order valence-electron chi connectivity index (χ2n) is 3.18. The Labute approximate surface area is 95.6 Å². The quantitative estimate of drug-likeness (QED) is 0.516. The van der Waals surface area contributed by atoms with Crippen LogP contribution in [0.5, 0.6) is 0 Å². The molecule has 2 aliphatic rings. The minimum atomic E-state index is -0.592. The number of fused-ring (bicyclic) bond motifs is 1. The molecule has 0 bridgehead atoms. The van der Waals surface area contributed by atoms with Gasteiger partial charge in [0.15, 0.2) is 0 Å². The molecule has 0 saturated carbocycles. The Morgan fingerprint density at radius 2 is 2.40 bits per heavy atom. The minimum Gasteiger partial charge on any atom is -0.464 e. The number of halogens is 1. The van der Waals surface area contributed by atoms with Crippen LogP contribution in [0, 0.1) is 0 Å². The lowest BCUT2D eigenvalue weighted by Crippen LogP contribution is -2.68. The number of nitrogens with two attached hydrogens (primary N) is 1. The predicted molar refractivity (Wildman–Crippen MR) is 56.0 cm³/mol. The molecule has 5 nitrogen and oxygen atoms in total. The topological polar surface area (TPSA) is 72.6 Å². The first-order chi connectivity index (χ1) is 7.07. The first-order valence-electron chi connectivity index (χ1n) is 4.25. The summed E-state index contributed by atoms with van der Waals surface area (Å²) < 4.78 is 4.57. The van der Waals surface area contributed by atoms with E-state index in [9.17, 15) is 9.59 Å². The van der Waals surface area contributed by atoms with Gasteiger partial charge in [0.05, 0.1) is 12.1 Å². The van der Waals surface area contributed by atoms with Gasteiger partial charge in [-0.3, -0.25) is 9.69 Å². The molecule has 0 radical (unpaired) electrons. The average molecular weight is 249 g/mol. The second kappa shape index (κ2) is 3.70. The van der Waals surface area contributed by atoms with Crippen molar-refractivity contribution in [3.8, 4) is 0 Å². The van der Waals surface area contributed by atoms with E-state index in [1.807, 2.05) is 0 Å². The fourth-order valence-electron chi connectivity index (χ4n) is 1.57. The van der Waals surface area contributed by atoms with Gasteiger partial charge in [-0.25, -0.2) is 4.79 Å². The van der Waals surface area contributed by atoms with Crippen molar-refractivity contribution in [1.82, 2.24) is 4.90 Å². The predicted octanol–water partition coefficient (Wildman–Crippen LogP) is -0.148. The molecule has 7 heteroatoms. The fraction of sp³-hybridized carbons (Fsp3) is 0.500. The van der Waals surface area contributed by atoms with Crippen molar-refractivity contribution in [2.45, 2.75) is 11.4 Å². The van der Waals surface area contributed by atoms with Crippen LogP contribution in [-0.4, -0.2) is 41.1 Å². The third-order valence-corrected chi connectivity index (χ3v) is 4.11. The van der Waals surface area contributed by atoms with E-state index in [1.54, 1.807) is 0 Å². The molecule has 0 aromatic rings. The maximum absolute atomic E-state index is 11.5. The van der Waals surface area contributed by atoms with Crippen molar-refractivity contribution in [3.63, 3.8) is 0 Å². The van der Waals surface area contributed by atoms with Gasteiger partial charge < -0.3 is 10.5 Å². The van der Waals surface area contributed by atoms with Crippen LogP contribution in [0.4, 0.5) is 0 Å². The molecule has 1 amide bonds. The molecule has 0 spiro atoms. The summed E-state index contributed by atoms with van der Waals surface area (Å²) in [6.07, 6.45) is 0. The zero-order valence-corrected chi connectivity index (χ0v) is 9.47. The number of hydrogen-bond acceptors (Lipinski definition) is 5. The van der Waals surface area contributed by atoms with E-state index in [2.05, 4.69) is 4.74 Å². The van der Waals surface area contributed by atoms with E-state index in [0.29, 0.717) is 10.8 Å². The van der Waals surface area contributed by atoms with E-state index in [1.165, 1.54) is 23.8 Å². The van der Waals surface area contributed by atoms with E-state index >= 15 is 0 Å². The van der Waals surface area contributed by atoms with Crippen molar-refractivity contribution in [1.29, 1.82) is 0 Å². The number of amides is 1. The van der Waals surface area contributed by atoms with Crippen LogP contribution in [-0.2, 0) is 14.3 Å². The Morgan fingerprint density at radius 1 is 1.73 bits per heavy atom. The lowest BCUT2D eigenvalue weighted by atomic mass is 10.1. The third kappa shape index (κ3) is 1.44. The second-order valence-corrected chi connectivity index (χ2v) is 4.74. The summed E-state index contributed by atoms with van der Waals surface area (Å²) in [4.78, 5) is 24.2. The molecule has 2 unspecified atom stereocenters. The van der Waals surface area contributed by atoms with Gasteiger partial charge in [0.1, 0.15) is 17.1 Å². The zero-order valence-electron chi connectivity index (χ0n) is 7.90. The number of nitrogens with zero attached hydrogens (tertiary/aromatic N) is 1. The number of rotatable bonds is 1. The summed E-state index contributed by atoms with van der Waals surface area (Å²) in [7, 11) is 1.25. The standard InChI is InChI=1S/C8H9ClN2O3S/c1-14-8(13)5-3(9)2-15-7-4(10)6(12)11(5)7/h4,7H,2,10H2,1H3. The van der Waals surface area contributed by atoms with Gasteiger partial charge in [-0.15, -0.1) is 11.8 Å². The number of methoxy groups -OCH3 is 1. The zero-order chi connectivity index (χ0) is 11.2. The monoisotopic (exact) mass is 248 g/mol. The largest absolute Gasteiger partial charge is 0.464 e. The number of β-lactam (4-membered cyclic amide) rings is 1. The average Bonchev–Trinajstić information content (AvgIpc) is 2.26. The molecule has 2 atom stereocenters. The van der Waals surface area contributed by atoms with E-state index in [-0.39, 0.29) is 17.0 Å². The first kappa shape index (κ1) is 10.8. The highest BCUT2D eigenvalue weighted by molar-refractivity contribution is 8.00. The minimum absolute atomic E-state index is 0.134. The Morgan fingerprint density at radius 3 is 3.00 bits per heavy atom. The van der Waals surface area contributed by atoms with Gasteiger partial charge in [0.2, 0.25) is 5.91 Å². The Kier molecular flexibility index (Phi) is 2.66. The molecule has 2 rings (SSSR count). The summed E-state index contributed by atoms with van der Waals surface area (Å²) in [6.45, 7) is 0. The highest BCUT2D eigenvalue weighted by atomic mass is 35.5. The van der Waals surface area contributed by atoms with Gasteiger partial charge in [-0.2, -0.15) is 0 Å². The van der Waals surface area contributed by atoms with Gasteiger partial charge in [-0.05, 0) is 0 Å². The van der Waals surface area contributed by atoms with Crippen molar-refractivity contribution in [2.24, 2.45) is 5.73 Å². The van der Waals surface area contributed by atoms with Crippen LogP contribution in [0.2, 0.25) is 0 Å². The lowest BCUT2D eigenvalue weighted by Gasteiger charge is -2.47. The third-order valence-electron chi connectivity index (χ3n) is 2.34. The van der Waals surface area contributed by atoms with E-state index in [0.717, 1.165) is 0 Å². The molecule has 15 heavy (non-hydrogen) atoms. The van der Waals surface area contributed by atoms with Gasteiger partial charge >= 0.3 is 5.97 Å². The fourth-order valence-corrected chi connectivity index (χ4v) is 3.06. The van der Waals surface area contributed by atoms with Gasteiger partial charge in [-0.1, -0.05) is 11.6 Å². The van der Waals surface area contributed by atoms with Crippen molar-refractivity contribution >= 4 is 35.2 Å². The van der Waals surface area contributed by atoms with Crippen LogP contribution in [0.25, 0.3) is 0 Å². The molecule has 0 aromatic heterocycles. The van der Waals surface area contributed by atoms with Crippen molar-refractivity contribution in [2.75, 3.05) is 12.9 Å². The molecule has 1 saturated heterocycles. The highest BCUT2D eigenvalue weighted by Crippen LogP contribution is 2.40. The molecular weight excluding hydrogens is 240 g/mol. The summed E-state index contributed by atoms with van der Waals surface area (Å²) in [5, 5.41) is 0.150. The number of thioether (sulfide) groups is 1. The summed E-state index contributed by atoms with van der Waals surface area (Å²) >= 11 is 7.33. The van der Waals surface area contributed by atoms with E-state index in [4.69, 9.17) is 17.3 Å². The number of carbonyl (C=O) groups is 2. The van der Waals surface area contributed by atoms with Crippen LogP contribution >= 0.6 is 23.4 Å². The molecule has 2 heterocycles. The summed E-state index contributed by atoms with van der Waals surface area (Å²) in [6, 6.07) is -0.542. The first-order valence-corrected chi connectivity index (χ1v) is 5.68. The molecule has 0 aliphatic carbocycles. The molecule has 2 N–H and O–H groups in total. The Bertz CT molecular complexity index is 371.